The SMILES string of the molecule is COc1ccc[c]c1I. The highest BCUT2D eigenvalue weighted by Gasteiger charge is 1.93. The zero-order chi connectivity index (χ0) is 6.69. The van der Waals surface area contributed by atoms with Crippen LogP contribution in [0.15, 0.2) is 18.2 Å². The Hall–Kier alpha value is -0.250. The molecule has 0 fully saturated rings. The predicted molar refractivity (Wildman–Crippen MR) is 44.5 cm³/mol. The van der Waals surface area contributed by atoms with Crippen molar-refractivity contribution in [3.8, 4) is 5.75 Å². The van der Waals surface area contributed by atoms with Crippen LogP contribution >= 0.6 is 22.6 Å². The molecule has 0 saturated heterocycles. The van der Waals surface area contributed by atoms with Gasteiger partial charge in [-0.2, -0.15) is 0 Å². The molecule has 1 radical (unpaired) electrons. The molecule has 0 N–H and O–H groups in total. The maximum Gasteiger partial charge on any atom is 0.132 e. The number of ether oxygens (including phenoxy) is 1. The summed E-state index contributed by atoms with van der Waals surface area (Å²) >= 11 is 2.18. The van der Waals surface area contributed by atoms with Crippen molar-refractivity contribution in [2.75, 3.05) is 7.11 Å². The fourth-order valence-corrected chi connectivity index (χ4v) is 1.14. The second-order valence-corrected chi connectivity index (χ2v) is 2.63. The fourth-order valence-electron chi connectivity index (χ4n) is 0.559. The van der Waals surface area contributed by atoms with Crippen molar-refractivity contribution in [1.29, 1.82) is 0 Å². The van der Waals surface area contributed by atoms with Gasteiger partial charge in [0.15, 0.2) is 0 Å². The largest absolute Gasteiger partial charge is 0.496 e. The van der Waals surface area contributed by atoms with E-state index in [-0.39, 0.29) is 0 Å². The quantitative estimate of drug-likeness (QED) is 0.675. The standard InChI is InChI=1S/C7H6IO/c1-9-7-5-3-2-4-6(7)8/h2-3,5H,1H3. The van der Waals surface area contributed by atoms with Gasteiger partial charge >= 0.3 is 0 Å². The van der Waals surface area contributed by atoms with Crippen molar-refractivity contribution in [3.05, 3.63) is 27.8 Å². The topological polar surface area (TPSA) is 9.23 Å². The van der Waals surface area contributed by atoms with Gasteiger partial charge in [-0.25, -0.2) is 0 Å². The molecule has 0 heterocycles. The summed E-state index contributed by atoms with van der Waals surface area (Å²) in [5.41, 5.74) is 0. The van der Waals surface area contributed by atoms with Crippen LogP contribution in [0.25, 0.3) is 0 Å². The van der Waals surface area contributed by atoms with Crippen LogP contribution in [0, 0.1) is 9.64 Å². The van der Waals surface area contributed by atoms with Gasteiger partial charge in [0.25, 0.3) is 0 Å². The molecule has 1 aromatic carbocycles. The summed E-state index contributed by atoms with van der Waals surface area (Å²) in [4.78, 5) is 0. The Bertz CT molecular complexity index is 198. The van der Waals surface area contributed by atoms with Crippen LogP contribution in [0.4, 0.5) is 0 Å². The van der Waals surface area contributed by atoms with Crippen LogP contribution in [0.3, 0.4) is 0 Å². The van der Waals surface area contributed by atoms with Gasteiger partial charge in [-0.3, -0.25) is 0 Å². The lowest BCUT2D eigenvalue weighted by atomic mass is 10.3. The van der Waals surface area contributed by atoms with Crippen LogP contribution in [0.1, 0.15) is 0 Å². The average molecular weight is 233 g/mol. The minimum absolute atomic E-state index is 0.887. The van der Waals surface area contributed by atoms with E-state index in [0.29, 0.717) is 0 Å². The number of benzene rings is 1. The molecule has 0 amide bonds. The van der Waals surface area contributed by atoms with Crippen LogP contribution in [0.5, 0.6) is 5.75 Å². The Balaban J connectivity index is 3.01. The van der Waals surface area contributed by atoms with Crippen LogP contribution in [0.2, 0.25) is 0 Å². The molecule has 0 aliphatic heterocycles. The molecule has 1 rings (SSSR count). The number of methoxy groups -OCH3 is 1. The Morgan fingerprint density at radius 2 is 2.44 bits per heavy atom. The van der Waals surface area contributed by atoms with E-state index >= 15 is 0 Å². The third kappa shape index (κ3) is 1.58. The summed E-state index contributed by atoms with van der Waals surface area (Å²) in [6, 6.07) is 8.70. The molecule has 9 heavy (non-hydrogen) atoms. The Labute approximate surface area is 68.2 Å². The summed E-state index contributed by atoms with van der Waals surface area (Å²) in [5.74, 6) is 0.887. The molecule has 0 atom stereocenters. The summed E-state index contributed by atoms with van der Waals surface area (Å²) < 4.78 is 6.03. The maximum absolute atomic E-state index is 5.01. The first-order chi connectivity index (χ1) is 4.34. The second-order valence-electron chi connectivity index (χ2n) is 1.55. The monoisotopic (exact) mass is 233 g/mol. The van der Waals surface area contributed by atoms with Crippen molar-refractivity contribution < 1.29 is 4.74 Å². The van der Waals surface area contributed by atoms with Crippen molar-refractivity contribution in [2.45, 2.75) is 0 Å². The van der Waals surface area contributed by atoms with Crippen molar-refractivity contribution in [3.63, 3.8) is 0 Å². The summed E-state index contributed by atoms with van der Waals surface area (Å²) in [7, 11) is 1.66. The number of halogens is 1. The van der Waals surface area contributed by atoms with E-state index in [1.807, 2.05) is 18.2 Å². The first-order valence-electron chi connectivity index (χ1n) is 2.55. The highest BCUT2D eigenvalue weighted by atomic mass is 127. The molecule has 0 bridgehead atoms. The van der Waals surface area contributed by atoms with E-state index in [1.54, 1.807) is 7.11 Å². The van der Waals surface area contributed by atoms with Gasteiger partial charge in [-0.15, -0.1) is 0 Å². The third-order valence-corrected chi connectivity index (χ3v) is 1.83. The van der Waals surface area contributed by atoms with Crippen molar-refractivity contribution in [1.82, 2.24) is 0 Å². The predicted octanol–water partition coefficient (Wildman–Crippen LogP) is 2.10. The zero-order valence-electron chi connectivity index (χ0n) is 5.02. The van der Waals surface area contributed by atoms with Crippen LogP contribution < -0.4 is 4.74 Å². The fraction of sp³-hybridized carbons (Fsp3) is 0.143. The molecular formula is C7H6IO. The van der Waals surface area contributed by atoms with Crippen LogP contribution in [-0.2, 0) is 0 Å². The maximum atomic E-state index is 5.01. The number of hydrogen-bond acceptors (Lipinski definition) is 1. The second kappa shape index (κ2) is 3.06. The van der Waals surface area contributed by atoms with Gasteiger partial charge in [-0.05, 0) is 34.7 Å². The lowest BCUT2D eigenvalue weighted by molar-refractivity contribution is 0.411. The van der Waals surface area contributed by atoms with E-state index < -0.39 is 0 Å². The number of rotatable bonds is 1. The molecule has 0 spiro atoms. The van der Waals surface area contributed by atoms with Gasteiger partial charge in [0.05, 0.1) is 10.7 Å². The average Bonchev–Trinajstić information content (AvgIpc) is 1.89. The zero-order valence-corrected chi connectivity index (χ0v) is 7.18. The van der Waals surface area contributed by atoms with Crippen molar-refractivity contribution >= 4 is 22.6 Å². The van der Waals surface area contributed by atoms with E-state index in [9.17, 15) is 0 Å². The third-order valence-electron chi connectivity index (χ3n) is 0.990. The molecule has 0 aromatic heterocycles. The summed E-state index contributed by atoms with van der Waals surface area (Å²) in [6.07, 6.45) is 0. The lowest BCUT2D eigenvalue weighted by Crippen LogP contribution is -1.84. The molecule has 0 aliphatic carbocycles. The molecule has 0 saturated carbocycles. The lowest BCUT2D eigenvalue weighted by Gasteiger charge is -1.98. The normalized spacial score (nSPS) is 9.11. The highest BCUT2D eigenvalue weighted by molar-refractivity contribution is 14.1. The molecule has 0 unspecified atom stereocenters. The molecule has 0 aliphatic rings. The minimum Gasteiger partial charge on any atom is -0.496 e. The van der Waals surface area contributed by atoms with Crippen molar-refractivity contribution in [2.24, 2.45) is 0 Å². The van der Waals surface area contributed by atoms with Gasteiger partial charge in [-0.1, -0.05) is 12.1 Å². The highest BCUT2D eigenvalue weighted by Crippen LogP contribution is 2.17. The van der Waals surface area contributed by atoms with Gasteiger partial charge in [0.1, 0.15) is 5.75 Å². The molecule has 1 aromatic rings. The number of hydrogen-bond donors (Lipinski definition) is 0. The van der Waals surface area contributed by atoms with E-state index in [0.717, 1.165) is 9.32 Å². The summed E-state index contributed by atoms with van der Waals surface area (Å²) in [6.45, 7) is 0. The Morgan fingerprint density at radius 3 is 2.89 bits per heavy atom. The Kier molecular flexibility index (Phi) is 2.33. The van der Waals surface area contributed by atoms with E-state index in [4.69, 9.17) is 4.74 Å². The first kappa shape index (κ1) is 6.86. The molecule has 2 heteroatoms. The minimum atomic E-state index is 0.887. The molecular weight excluding hydrogens is 227 g/mol. The smallest absolute Gasteiger partial charge is 0.132 e. The Morgan fingerprint density at radius 1 is 1.67 bits per heavy atom. The molecule has 1 nitrogen and oxygen atoms in total. The summed E-state index contributed by atoms with van der Waals surface area (Å²) in [5, 5.41) is 0. The van der Waals surface area contributed by atoms with E-state index in [2.05, 4.69) is 28.7 Å². The molecule has 47 valence electrons. The first-order valence-corrected chi connectivity index (χ1v) is 3.62. The van der Waals surface area contributed by atoms with Gasteiger partial charge in [0.2, 0.25) is 0 Å². The van der Waals surface area contributed by atoms with Crippen LogP contribution in [-0.4, -0.2) is 7.11 Å². The van der Waals surface area contributed by atoms with Gasteiger partial charge in [0, 0.05) is 0 Å². The van der Waals surface area contributed by atoms with Gasteiger partial charge < -0.3 is 4.74 Å². The van der Waals surface area contributed by atoms with E-state index in [1.165, 1.54) is 0 Å².